The Kier molecular flexibility index (Phi) is 5.51. The number of carbonyl (C=O) groups is 2. The second kappa shape index (κ2) is 7.37. The summed E-state index contributed by atoms with van der Waals surface area (Å²) in [5.41, 5.74) is 0.257. The minimum absolute atomic E-state index is 0.190. The Hall–Kier alpha value is -1.93. The van der Waals surface area contributed by atoms with Crippen molar-refractivity contribution in [2.75, 3.05) is 38.2 Å². The van der Waals surface area contributed by atoms with Crippen LogP contribution >= 0.6 is 0 Å². The van der Waals surface area contributed by atoms with E-state index in [-0.39, 0.29) is 30.7 Å². The molecule has 0 aromatic carbocycles. The third kappa shape index (κ3) is 3.83. The van der Waals surface area contributed by atoms with Gasteiger partial charge in [-0.1, -0.05) is 0 Å². The van der Waals surface area contributed by atoms with Gasteiger partial charge in [-0.15, -0.1) is 0 Å². The van der Waals surface area contributed by atoms with Gasteiger partial charge in [-0.3, -0.25) is 14.4 Å². The topological polar surface area (TPSA) is 85.7 Å². The van der Waals surface area contributed by atoms with Crippen LogP contribution in [0.1, 0.15) is 24.2 Å². The van der Waals surface area contributed by atoms with Crippen LogP contribution in [0.15, 0.2) is 6.20 Å². The van der Waals surface area contributed by atoms with Crippen LogP contribution in [0.4, 0.5) is 5.82 Å². The van der Waals surface area contributed by atoms with Gasteiger partial charge in [-0.25, -0.2) is 4.79 Å². The van der Waals surface area contributed by atoms with Gasteiger partial charge in [-0.2, -0.15) is 5.10 Å². The number of aromatic nitrogens is 2. The maximum atomic E-state index is 12.2. The number of hydrogen-bond donors (Lipinski definition) is 1. The van der Waals surface area contributed by atoms with Gasteiger partial charge in [0.05, 0.1) is 32.6 Å². The van der Waals surface area contributed by atoms with Crippen LogP contribution < -0.4 is 5.32 Å². The number of nitrogens with zero attached hydrogens (tertiary/aromatic N) is 3. The largest absolute Gasteiger partial charge is 0.462 e. The van der Waals surface area contributed by atoms with Gasteiger partial charge in [0.25, 0.3) is 0 Å². The van der Waals surface area contributed by atoms with E-state index in [0.717, 1.165) is 0 Å². The second-order valence-electron chi connectivity index (χ2n) is 5.19. The van der Waals surface area contributed by atoms with E-state index in [4.69, 9.17) is 9.47 Å². The first-order valence-corrected chi connectivity index (χ1v) is 7.33. The minimum atomic E-state index is -0.495. The Morgan fingerprint density at radius 3 is 3.00 bits per heavy atom. The van der Waals surface area contributed by atoms with Crippen LogP contribution in [0.25, 0.3) is 0 Å². The molecule has 1 N–H and O–H groups in total. The number of anilines is 1. The Labute approximate surface area is 129 Å². The average Bonchev–Trinajstić information content (AvgIpc) is 2.83. The molecule has 1 aromatic rings. The first-order valence-electron chi connectivity index (χ1n) is 7.33. The van der Waals surface area contributed by atoms with Crippen molar-refractivity contribution in [2.45, 2.75) is 19.9 Å². The van der Waals surface area contributed by atoms with E-state index < -0.39 is 5.97 Å². The summed E-state index contributed by atoms with van der Waals surface area (Å²) in [5.74, 6) is -0.335. The van der Waals surface area contributed by atoms with Crippen molar-refractivity contribution in [3.8, 4) is 0 Å². The number of ether oxygens (including phenoxy) is 2. The zero-order valence-corrected chi connectivity index (χ0v) is 13.2. The molecule has 22 heavy (non-hydrogen) atoms. The van der Waals surface area contributed by atoms with Crippen molar-refractivity contribution in [3.05, 3.63) is 11.8 Å². The molecule has 8 heteroatoms. The number of nitrogens with one attached hydrogen (secondary N) is 1. The molecule has 0 aliphatic carbocycles. The SMILES string of the molecule is CCOC(=O)c1cnn(C)c1NC(=O)CN1CCOCC1C. The molecule has 2 rings (SSSR count). The molecule has 8 nitrogen and oxygen atoms in total. The lowest BCUT2D eigenvalue weighted by Gasteiger charge is -2.32. The van der Waals surface area contributed by atoms with Crippen molar-refractivity contribution < 1.29 is 19.1 Å². The third-order valence-electron chi connectivity index (χ3n) is 3.54. The van der Waals surface area contributed by atoms with Gasteiger partial charge in [0.2, 0.25) is 5.91 Å². The Morgan fingerprint density at radius 2 is 2.32 bits per heavy atom. The van der Waals surface area contributed by atoms with E-state index in [1.165, 1.54) is 10.9 Å². The normalized spacial score (nSPS) is 19.0. The standard InChI is InChI=1S/C14H22N4O4/c1-4-22-14(20)11-7-15-17(3)13(11)16-12(19)8-18-5-6-21-9-10(18)2/h7,10H,4-6,8-9H2,1-3H3,(H,16,19). The number of morpholine rings is 1. The van der Waals surface area contributed by atoms with Gasteiger partial charge in [0, 0.05) is 19.6 Å². The number of amides is 1. The summed E-state index contributed by atoms with van der Waals surface area (Å²) in [6.45, 7) is 6.21. The van der Waals surface area contributed by atoms with Crippen molar-refractivity contribution in [3.63, 3.8) is 0 Å². The summed E-state index contributed by atoms with van der Waals surface area (Å²) in [7, 11) is 1.66. The summed E-state index contributed by atoms with van der Waals surface area (Å²) in [5, 5.41) is 6.75. The molecule has 122 valence electrons. The molecule has 0 radical (unpaired) electrons. The molecule has 1 fully saturated rings. The van der Waals surface area contributed by atoms with E-state index in [2.05, 4.69) is 10.4 Å². The van der Waals surface area contributed by atoms with Crippen molar-refractivity contribution in [2.24, 2.45) is 7.05 Å². The molecular formula is C14H22N4O4. The summed E-state index contributed by atoms with van der Waals surface area (Å²) in [6, 6.07) is 0.190. The summed E-state index contributed by atoms with van der Waals surface area (Å²) in [4.78, 5) is 26.1. The molecule has 1 unspecified atom stereocenters. The lowest BCUT2D eigenvalue weighted by atomic mass is 10.2. The van der Waals surface area contributed by atoms with Crippen LogP contribution in [0, 0.1) is 0 Å². The molecule has 1 atom stereocenters. The van der Waals surface area contributed by atoms with Crippen molar-refractivity contribution >= 4 is 17.7 Å². The highest BCUT2D eigenvalue weighted by molar-refractivity contribution is 6.00. The second-order valence-corrected chi connectivity index (χ2v) is 5.19. The molecule has 1 saturated heterocycles. The number of rotatable bonds is 5. The van der Waals surface area contributed by atoms with Gasteiger partial charge in [0.15, 0.2) is 0 Å². The summed E-state index contributed by atoms with van der Waals surface area (Å²) >= 11 is 0. The molecule has 1 aliphatic rings. The number of carbonyl (C=O) groups excluding carboxylic acids is 2. The van der Waals surface area contributed by atoms with E-state index in [1.807, 2.05) is 11.8 Å². The Morgan fingerprint density at radius 1 is 1.55 bits per heavy atom. The number of hydrogen-bond acceptors (Lipinski definition) is 6. The fourth-order valence-electron chi connectivity index (χ4n) is 2.30. The fraction of sp³-hybridized carbons (Fsp3) is 0.643. The van der Waals surface area contributed by atoms with E-state index in [1.54, 1.807) is 14.0 Å². The Balaban J connectivity index is 2.02. The molecule has 1 amide bonds. The third-order valence-corrected chi connectivity index (χ3v) is 3.54. The van der Waals surface area contributed by atoms with Gasteiger partial charge < -0.3 is 14.8 Å². The number of aryl methyl sites for hydroxylation is 1. The summed E-state index contributed by atoms with van der Waals surface area (Å²) in [6.07, 6.45) is 1.39. The smallest absolute Gasteiger partial charge is 0.343 e. The predicted octanol–water partition coefficient (Wildman–Crippen LogP) is 0.256. The van der Waals surface area contributed by atoms with Crippen LogP contribution in [-0.2, 0) is 21.3 Å². The van der Waals surface area contributed by atoms with E-state index in [0.29, 0.717) is 25.6 Å². The molecule has 0 spiro atoms. The van der Waals surface area contributed by atoms with E-state index >= 15 is 0 Å². The lowest BCUT2D eigenvalue weighted by molar-refractivity contribution is -0.119. The quantitative estimate of drug-likeness (QED) is 0.785. The maximum absolute atomic E-state index is 12.2. The predicted molar refractivity (Wildman–Crippen MR) is 79.6 cm³/mol. The number of esters is 1. The first-order chi connectivity index (χ1) is 10.5. The highest BCUT2D eigenvalue weighted by Gasteiger charge is 2.23. The van der Waals surface area contributed by atoms with E-state index in [9.17, 15) is 9.59 Å². The zero-order valence-electron chi connectivity index (χ0n) is 13.2. The van der Waals surface area contributed by atoms with Crippen LogP contribution in [0.3, 0.4) is 0 Å². The van der Waals surface area contributed by atoms with Crippen LogP contribution in [-0.4, -0.2) is 65.5 Å². The molecular weight excluding hydrogens is 288 g/mol. The highest BCUT2D eigenvalue weighted by Crippen LogP contribution is 2.16. The molecule has 2 heterocycles. The Bertz CT molecular complexity index is 543. The monoisotopic (exact) mass is 310 g/mol. The van der Waals surface area contributed by atoms with Gasteiger partial charge in [-0.05, 0) is 13.8 Å². The first kappa shape index (κ1) is 16.4. The highest BCUT2D eigenvalue weighted by atomic mass is 16.5. The maximum Gasteiger partial charge on any atom is 0.343 e. The zero-order chi connectivity index (χ0) is 16.1. The molecule has 0 bridgehead atoms. The van der Waals surface area contributed by atoms with Gasteiger partial charge >= 0.3 is 5.97 Å². The van der Waals surface area contributed by atoms with Crippen molar-refractivity contribution in [1.29, 1.82) is 0 Å². The fourth-order valence-corrected chi connectivity index (χ4v) is 2.30. The summed E-state index contributed by atoms with van der Waals surface area (Å²) < 4.78 is 11.8. The van der Waals surface area contributed by atoms with Crippen LogP contribution in [0.5, 0.6) is 0 Å². The van der Waals surface area contributed by atoms with Gasteiger partial charge in [0.1, 0.15) is 11.4 Å². The molecule has 0 saturated carbocycles. The minimum Gasteiger partial charge on any atom is -0.462 e. The molecule has 1 aromatic heterocycles. The van der Waals surface area contributed by atoms with Crippen LogP contribution in [0.2, 0.25) is 0 Å². The molecule has 1 aliphatic heterocycles. The average molecular weight is 310 g/mol. The lowest BCUT2D eigenvalue weighted by Crippen LogP contribution is -2.47. The van der Waals surface area contributed by atoms with Crippen molar-refractivity contribution in [1.82, 2.24) is 14.7 Å².